The molecule has 2 aromatic rings. The minimum Gasteiger partial charge on any atom is -0.458 e. The lowest BCUT2D eigenvalue weighted by Crippen LogP contribution is -2.11. The van der Waals surface area contributed by atoms with Gasteiger partial charge < -0.3 is 9.47 Å². The van der Waals surface area contributed by atoms with Crippen LogP contribution in [-0.2, 0) is 14.3 Å². The first-order valence-corrected chi connectivity index (χ1v) is 8.13. The summed E-state index contributed by atoms with van der Waals surface area (Å²) in [5.41, 5.74) is 0. The van der Waals surface area contributed by atoms with E-state index < -0.39 is 10.1 Å². The molecule has 3 rings (SSSR count). The van der Waals surface area contributed by atoms with Crippen LogP contribution in [0.25, 0.3) is 0 Å². The Bertz CT molecular complexity index is 781. The number of rotatable bonds is 5. The highest BCUT2D eigenvalue weighted by Gasteiger charge is 2.17. The first-order valence-electron chi connectivity index (χ1n) is 6.72. The Morgan fingerprint density at radius 3 is 2.36 bits per heavy atom. The van der Waals surface area contributed by atoms with Crippen molar-refractivity contribution in [3.8, 4) is 11.5 Å². The minimum absolute atomic E-state index is 0.0193. The summed E-state index contributed by atoms with van der Waals surface area (Å²) in [6, 6.07) is 15.3. The number of hydrogen-bond donors (Lipinski definition) is 0. The molecule has 0 saturated heterocycles. The second-order valence-electron chi connectivity index (χ2n) is 4.59. The Kier molecular flexibility index (Phi) is 4.13. The maximum absolute atomic E-state index is 12.0. The fourth-order valence-corrected chi connectivity index (χ4v) is 2.87. The van der Waals surface area contributed by atoms with E-state index in [1.165, 1.54) is 18.4 Å². The Morgan fingerprint density at radius 2 is 1.59 bits per heavy atom. The number of para-hydroxylation sites is 2. The van der Waals surface area contributed by atoms with Gasteiger partial charge in [-0.15, -0.1) is 0 Å². The van der Waals surface area contributed by atoms with Gasteiger partial charge in [-0.25, -0.2) is 0 Å². The summed E-state index contributed by atoms with van der Waals surface area (Å²) in [4.78, 5) is 0.134. The molecule has 114 valence electrons. The van der Waals surface area contributed by atoms with E-state index >= 15 is 0 Å². The van der Waals surface area contributed by atoms with Gasteiger partial charge in [0.1, 0.15) is 12.0 Å². The van der Waals surface area contributed by atoms with Gasteiger partial charge in [-0.05, 0) is 24.3 Å². The van der Waals surface area contributed by atoms with E-state index in [-0.39, 0.29) is 11.5 Å². The number of benzene rings is 2. The second kappa shape index (κ2) is 6.21. The molecule has 0 aliphatic carbocycles. The molecule has 0 amide bonds. The molecule has 0 fully saturated rings. The maximum atomic E-state index is 12.0. The Balaban J connectivity index is 1.57. The number of fused-ring (bicyclic) bond motifs is 1. The Morgan fingerprint density at radius 1 is 0.909 bits per heavy atom. The maximum Gasteiger partial charge on any atom is 0.296 e. The van der Waals surface area contributed by atoms with Crippen LogP contribution >= 0.6 is 0 Å². The van der Waals surface area contributed by atoms with Gasteiger partial charge in [0.05, 0.1) is 11.5 Å². The number of hydrogen-bond acceptors (Lipinski definition) is 5. The van der Waals surface area contributed by atoms with Gasteiger partial charge >= 0.3 is 0 Å². The fraction of sp³-hybridized carbons (Fsp3) is 0.125. The van der Waals surface area contributed by atoms with Crippen LogP contribution in [0.3, 0.4) is 0 Å². The van der Waals surface area contributed by atoms with Crippen molar-refractivity contribution in [1.29, 1.82) is 0 Å². The minimum atomic E-state index is -3.75. The largest absolute Gasteiger partial charge is 0.458 e. The van der Waals surface area contributed by atoms with E-state index in [1.54, 1.807) is 30.3 Å². The molecule has 0 unspecified atom stereocenters. The van der Waals surface area contributed by atoms with Crippen molar-refractivity contribution in [1.82, 2.24) is 0 Å². The standard InChI is InChI=1S/C16H14O5S/c17-22(18,14-6-2-1-3-7-14)20-11-10-13-12-19-15-8-4-5-9-16(15)21-13/h1-9,12H,10-11H2. The van der Waals surface area contributed by atoms with Crippen molar-refractivity contribution >= 4 is 10.1 Å². The van der Waals surface area contributed by atoms with Gasteiger partial charge in [0.15, 0.2) is 11.5 Å². The van der Waals surface area contributed by atoms with Gasteiger partial charge in [0.2, 0.25) is 0 Å². The summed E-state index contributed by atoms with van der Waals surface area (Å²) in [7, 11) is -3.75. The van der Waals surface area contributed by atoms with Crippen LogP contribution in [0.1, 0.15) is 6.42 Å². The highest BCUT2D eigenvalue weighted by atomic mass is 32.2. The van der Waals surface area contributed by atoms with Crippen LogP contribution in [0.15, 0.2) is 71.5 Å². The third-order valence-corrected chi connectivity index (χ3v) is 4.35. The van der Waals surface area contributed by atoms with Crippen molar-refractivity contribution in [2.75, 3.05) is 6.61 Å². The SMILES string of the molecule is O=S(=O)(OCCC1=COc2ccccc2O1)c1ccccc1. The number of ether oxygens (including phenoxy) is 2. The lowest BCUT2D eigenvalue weighted by atomic mass is 10.3. The second-order valence-corrected chi connectivity index (χ2v) is 6.21. The normalized spacial score (nSPS) is 13.5. The zero-order valence-corrected chi connectivity index (χ0v) is 12.5. The Labute approximate surface area is 128 Å². The van der Waals surface area contributed by atoms with E-state index in [1.807, 2.05) is 12.1 Å². The molecule has 0 aromatic heterocycles. The van der Waals surface area contributed by atoms with E-state index in [2.05, 4.69) is 0 Å². The molecule has 1 aliphatic rings. The van der Waals surface area contributed by atoms with Gasteiger partial charge in [-0.2, -0.15) is 8.42 Å². The quantitative estimate of drug-likeness (QED) is 0.793. The zero-order valence-electron chi connectivity index (χ0n) is 11.6. The van der Waals surface area contributed by atoms with Crippen molar-refractivity contribution in [3.63, 3.8) is 0 Å². The summed E-state index contributed by atoms with van der Waals surface area (Å²) in [5, 5.41) is 0. The van der Waals surface area contributed by atoms with Crippen LogP contribution in [0.4, 0.5) is 0 Å². The van der Waals surface area contributed by atoms with E-state index in [0.29, 0.717) is 23.7 Å². The van der Waals surface area contributed by atoms with Crippen molar-refractivity contribution in [3.05, 3.63) is 66.6 Å². The molecule has 0 atom stereocenters. The molecule has 0 N–H and O–H groups in total. The average Bonchev–Trinajstić information content (AvgIpc) is 2.55. The summed E-state index contributed by atoms with van der Waals surface area (Å²) < 4.78 is 39.9. The Hall–Kier alpha value is -2.31. The summed E-state index contributed by atoms with van der Waals surface area (Å²) in [5.74, 6) is 1.75. The van der Waals surface area contributed by atoms with Gasteiger partial charge in [0, 0.05) is 6.42 Å². The fourth-order valence-electron chi connectivity index (χ4n) is 1.94. The van der Waals surface area contributed by atoms with Crippen molar-refractivity contribution in [2.24, 2.45) is 0 Å². The van der Waals surface area contributed by atoms with Gasteiger partial charge in [-0.3, -0.25) is 4.18 Å². The predicted octanol–water partition coefficient (Wildman–Crippen LogP) is 3.09. The molecule has 0 bridgehead atoms. The van der Waals surface area contributed by atoms with E-state index in [4.69, 9.17) is 13.7 Å². The molecule has 0 spiro atoms. The van der Waals surface area contributed by atoms with Crippen LogP contribution in [0.5, 0.6) is 11.5 Å². The van der Waals surface area contributed by atoms with E-state index in [0.717, 1.165) is 0 Å². The third kappa shape index (κ3) is 3.29. The average molecular weight is 318 g/mol. The molecule has 0 radical (unpaired) electrons. The molecular formula is C16H14O5S. The molecule has 1 heterocycles. The molecule has 0 saturated carbocycles. The summed E-state index contributed by atoms with van der Waals surface area (Å²) in [6.07, 6.45) is 1.75. The van der Waals surface area contributed by atoms with Crippen molar-refractivity contribution < 1.29 is 22.1 Å². The molecule has 2 aromatic carbocycles. The monoisotopic (exact) mass is 318 g/mol. The molecule has 22 heavy (non-hydrogen) atoms. The first-order chi connectivity index (χ1) is 10.6. The molecule has 6 heteroatoms. The highest BCUT2D eigenvalue weighted by Crippen LogP contribution is 2.32. The zero-order chi connectivity index (χ0) is 15.4. The predicted molar refractivity (Wildman–Crippen MR) is 80.0 cm³/mol. The van der Waals surface area contributed by atoms with Crippen molar-refractivity contribution in [2.45, 2.75) is 11.3 Å². The smallest absolute Gasteiger partial charge is 0.296 e. The summed E-state index contributed by atoms with van der Waals surface area (Å²) >= 11 is 0. The first kappa shape index (κ1) is 14.6. The molecule has 5 nitrogen and oxygen atoms in total. The van der Waals surface area contributed by atoms with Gasteiger partial charge in [0.25, 0.3) is 10.1 Å². The van der Waals surface area contributed by atoms with Crippen LogP contribution in [0, 0.1) is 0 Å². The highest BCUT2D eigenvalue weighted by molar-refractivity contribution is 7.86. The lowest BCUT2D eigenvalue weighted by molar-refractivity contribution is 0.269. The summed E-state index contributed by atoms with van der Waals surface area (Å²) in [6.45, 7) is -0.0193. The van der Waals surface area contributed by atoms with Crippen LogP contribution < -0.4 is 9.47 Å². The molecule has 1 aliphatic heterocycles. The lowest BCUT2D eigenvalue weighted by Gasteiger charge is -2.17. The van der Waals surface area contributed by atoms with Crippen LogP contribution in [0.2, 0.25) is 0 Å². The van der Waals surface area contributed by atoms with Crippen LogP contribution in [-0.4, -0.2) is 15.0 Å². The van der Waals surface area contributed by atoms with E-state index in [9.17, 15) is 8.42 Å². The topological polar surface area (TPSA) is 61.8 Å². The third-order valence-electron chi connectivity index (χ3n) is 3.03. The van der Waals surface area contributed by atoms with Gasteiger partial charge in [-0.1, -0.05) is 30.3 Å². The molecular weight excluding hydrogens is 304 g/mol.